The second-order valence-corrected chi connectivity index (χ2v) is 7.43. The third-order valence-electron chi connectivity index (χ3n) is 5.30. The predicted molar refractivity (Wildman–Crippen MR) is 118 cm³/mol. The molecule has 0 bridgehead atoms. The first kappa shape index (κ1) is 18.4. The molecule has 2 aromatic carbocycles. The van der Waals surface area contributed by atoms with Gasteiger partial charge < -0.3 is 14.5 Å². The monoisotopic (exact) mass is 400 g/mol. The average molecular weight is 400 g/mol. The largest absolute Gasteiger partial charge is 0.489 e. The molecule has 152 valence electrons. The van der Waals surface area contributed by atoms with Crippen molar-refractivity contribution in [2.24, 2.45) is 5.92 Å². The van der Waals surface area contributed by atoms with Gasteiger partial charge in [0.15, 0.2) is 0 Å². The van der Waals surface area contributed by atoms with Crippen molar-refractivity contribution in [1.29, 1.82) is 0 Å². The molecule has 0 saturated carbocycles. The smallest absolute Gasteiger partial charge is 0.310 e. The van der Waals surface area contributed by atoms with E-state index in [1.807, 2.05) is 61.5 Å². The molecule has 0 saturated heterocycles. The van der Waals surface area contributed by atoms with Crippen LogP contribution in [0.15, 0.2) is 66.7 Å². The zero-order chi connectivity index (χ0) is 20.5. The summed E-state index contributed by atoms with van der Waals surface area (Å²) in [6.45, 7) is 2.74. The first-order valence-corrected chi connectivity index (χ1v) is 10.2. The van der Waals surface area contributed by atoms with Gasteiger partial charge in [-0.15, -0.1) is 0 Å². The quantitative estimate of drug-likeness (QED) is 0.549. The summed E-state index contributed by atoms with van der Waals surface area (Å²) in [5, 5.41) is 0. The molecule has 0 radical (unpaired) electrons. The van der Waals surface area contributed by atoms with E-state index in [-0.39, 0.29) is 13.8 Å². The topological polar surface area (TPSA) is 64.2 Å². The highest BCUT2D eigenvalue weighted by Gasteiger charge is 2.35. The molecule has 1 heterocycles. The number of ether oxygens (including phenoxy) is 2. The maximum atomic E-state index is 12.0. The highest BCUT2D eigenvalue weighted by molar-refractivity contribution is 5.96. The SMILES string of the molecule is CCOC(=O)CC1=CC2C=C2c2[nH]c(-c3ccc(OCc4ccccc4)cc3)nc21.[HH]. The van der Waals surface area contributed by atoms with Gasteiger partial charge in [-0.2, -0.15) is 0 Å². The number of carbonyl (C=O) groups is 1. The average Bonchev–Trinajstić information content (AvgIpc) is 3.40. The molecule has 3 aromatic rings. The molecule has 0 amide bonds. The Hall–Kier alpha value is -3.60. The number of hydrogen-bond acceptors (Lipinski definition) is 4. The Morgan fingerprint density at radius 2 is 1.90 bits per heavy atom. The Labute approximate surface area is 176 Å². The first-order chi connectivity index (χ1) is 14.7. The molecule has 1 N–H and O–H groups in total. The van der Waals surface area contributed by atoms with Crippen LogP contribution in [0.2, 0.25) is 0 Å². The number of imidazole rings is 1. The lowest BCUT2D eigenvalue weighted by Gasteiger charge is -2.11. The fraction of sp³-hybridized carbons (Fsp3) is 0.200. The van der Waals surface area contributed by atoms with Gasteiger partial charge >= 0.3 is 5.97 Å². The van der Waals surface area contributed by atoms with Crippen LogP contribution in [0.1, 0.15) is 31.7 Å². The van der Waals surface area contributed by atoms with Gasteiger partial charge in [0.2, 0.25) is 0 Å². The molecule has 1 unspecified atom stereocenters. The molecule has 30 heavy (non-hydrogen) atoms. The minimum Gasteiger partial charge on any atom is -0.489 e. The number of aromatic amines is 1. The summed E-state index contributed by atoms with van der Waals surface area (Å²) in [7, 11) is 0. The maximum absolute atomic E-state index is 12.0. The van der Waals surface area contributed by atoms with Crippen LogP contribution in [0.25, 0.3) is 22.5 Å². The van der Waals surface area contributed by atoms with Crippen LogP contribution in [0, 0.1) is 5.92 Å². The van der Waals surface area contributed by atoms with Crippen molar-refractivity contribution >= 4 is 17.1 Å². The van der Waals surface area contributed by atoms with E-state index < -0.39 is 0 Å². The van der Waals surface area contributed by atoms with E-state index in [1.165, 1.54) is 5.57 Å². The molecule has 2 aliphatic rings. The fourth-order valence-electron chi connectivity index (χ4n) is 3.74. The number of hydrogen-bond donors (Lipinski definition) is 1. The number of carbonyl (C=O) groups excluding carboxylic acids is 1. The van der Waals surface area contributed by atoms with Crippen molar-refractivity contribution in [2.45, 2.75) is 20.0 Å². The van der Waals surface area contributed by atoms with E-state index in [0.29, 0.717) is 19.1 Å². The van der Waals surface area contributed by atoms with Gasteiger partial charge in [-0.05, 0) is 47.9 Å². The Morgan fingerprint density at radius 1 is 1.10 bits per heavy atom. The van der Waals surface area contributed by atoms with Crippen molar-refractivity contribution in [3.8, 4) is 17.1 Å². The number of esters is 1. The normalized spacial score (nSPS) is 16.1. The highest BCUT2D eigenvalue weighted by atomic mass is 16.5. The van der Waals surface area contributed by atoms with Crippen LogP contribution in [0.4, 0.5) is 0 Å². The van der Waals surface area contributed by atoms with Crippen molar-refractivity contribution in [3.05, 3.63) is 83.7 Å². The van der Waals surface area contributed by atoms with E-state index >= 15 is 0 Å². The Bertz CT molecular complexity index is 1150. The van der Waals surface area contributed by atoms with Crippen molar-refractivity contribution in [1.82, 2.24) is 9.97 Å². The third kappa shape index (κ3) is 3.66. The summed E-state index contributed by atoms with van der Waals surface area (Å²) in [4.78, 5) is 20.2. The number of H-pyrrole nitrogens is 1. The number of fused-ring (bicyclic) bond motifs is 3. The molecule has 5 nitrogen and oxygen atoms in total. The molecule has 2 aliphatic carbocycles. The molecular formula is C25H24N2O3. The molecule has 0 fully saturated rings. The van der Waals surface area contributed by atoms with Gasteiger partial charge in [0.1, 0.15) is 18.2 Å². The van der Waals surface area contributed by atoms with Gasteiger partial charge in [-0.1, -0.05) is 42.5 Å². The number of nitrogens with zero attached hydrogens (tertiary/aromatic N) is 1. The molecule has 1 aromatic heterocycles. The molecule has 0 spiro atoms. The number of rotatable bonds is 7. The molecule has 0 aliphatic heterocycles. The molecular weight excluding hydrogens is 376 g/mol. The molecule has 1 atom stereocenters. The Kier molecular flexibility index (Phi) is 4.71. The van der Waals surface area contributed by atoms with Crippen LogP contribution in [-0.4, -0.2) is 22.5 Å². The first-order valence-electron chi connectivity index (χ1n) is 10.2. The third-order valence-corrected chi connectivity index (χ3v) is 5.30. The van der Waals surface area contributed by atoms with Crippen LogP contribution >= 0.6 is 0 Å². The molecule has 5 heteroatoms. The number of nitrogens with one attached hydrogen (secondary N) is 1. The summed E-state index contributed by atoms with van der Waals surface area (Å²) < 4.78 is 11.0. The Balaban J connectivity index is 0.00000231. The highest BCUT2D eigenvalue weighted by Crippen LogP contribution is 2.48. The number of aromatic nitrogens is 2. The van der Waals surface area contributed by atoms with Crippen LogP contribution < -0.4 is 4.74 Å². The van der Waals surface area contributed by atoms with Crippen LogP contribution in [0.5, 0.6) is 5.75 Å². The van der Waals surface area contributed by atoms with E-state index in [1.54, 1.807) is 0 Å². The van der Waals surface area contributed by atoms with E-state index in [2.05, 4.69) is 17.1 Å². The number of allylic oxidation sites excluding steroid dienone is 3. The molecule has 5 rings (SSSR count). The van der Waals surface area contributed by atoms with Crippen molar-refractivity contribution < 1.29 is 15.7 Å². The van der Waals surface area contributed by atoms with Gasteiger partial charge in [0.05, 0.1) is 24.4 Å². The lowest BCUT2D eigenvalue weighted by Crippen LogP contribution is -2.07. The van der Waals surface area contributed by atoms with Gasteiger partial charge in [-0.25, -0.2) is 4.98 Å². The zero-order valence-corrected chi connectivity index (χ0v) is 16.7. The number of benzene rings is 2. The minimum atomic E-state index is -0.219. The van der Waals surface area contributed by atoms with Crippen LogP contribution in [-0.2, 0) is 16.1 Å². The minimum absolute atomic E-state index is 0. The van der Waals surface area contributed by atoms with E-state index in [0.717, 1.165) is 39.7 Å². The fourth-order valence-corrected chi connectivity index (χ4v) is 3.74. The summed E-state index contributed by atoms with van der Waals surface area (Å²) >= 11 is 0. The summed E-state index contributed by atoms with van der Waals surface area (Å²) in [6, 6.07) is 18.0. The predicted octanol–water partition coefficient (Wildman–Crippen LogP) is 5.27. The van der Waals surface area contributed by atoms with E-state index in [9.17, 15) is 4.79 Å². The lowest BCUT2D eigenvalue weighted by atomic mass is 9.97. The summed E-state index contributed by atoms with van der Waals surface area (Å²) in [6.07, 6.45) is 4.54. The maximum Gasteiger partial charge on any atom is 0.310 e. The lowest BCUT2D eigenvalue weighted by molar-refractivity contribution is -0.141. The Morgan fingerprint density at radius 3 is 2.67 bits per heavy atom. The second kappa shape index (κ2) is 7.67. The summed E-state index contributed by atoms with van der Waals surface area (Å²) in [5.74, 6) is 1.69. The van der Waals surface area contributed by atoms with Crippen LogP contribution in [0.3, 0.4) is 0 Å². The van der Waals surface area contributed by atoms with Gasteiger partial charge in [0.25, 0.3) is 0 Å². The van der Waals surface area contributed by atoms with Gasteiger partial charge in [0, 0.05) is 12.9 Å². The van der Waals surface area contributed by atoms with Crippen molar-refractivity contribution in [2.75, 3.05) is 6.61 Å². The summed E-state index contributed by atoms with van der Waals surface area (Å²) in [5.41, 5.74) is 6.15. The standard InChI is InChI=1S/C25H22N2O3.H2/c1-2-29-22(28)14-19-12-18-13-21(18)24-23(19)26-25(27-24)17-8-10-20(11-9-17)30-15-16-6-4-3-5-7-16;/h3-13,18H,2,14-15H2,1H3,(H,26,27);1H. The van der Waals surface area contributed by atoms with Crippen molar-refractivity contribution in [3.63, 3.8) is 0 Å². The van der Waals surface area contributed by atoms with Gasteiger partial charge in [-0.3, -0.25) is 4.79 Å². The van der Waals surface area contributed by atoms with E-state index in [4.69, 9.17) is 14.5 Å². The second-order valence-electron chi connectivity index (χ2n) is 7.43. The zero-order valence-electron chi connectivity index (χ0n) is 16.7.